The summed E-state index contributed by atoms with van der Waals surface area (Å²) in [5.74, 6) is 0. The van der Waals surface area contributed by atoms with E-state index in [4.69, 9.17) is 17.3 Å². The molecule has 1 heterocycles. The minimum atomic E-state index is 0.681. The van der Waals surface area contributed by atoms with Gasteiger partial charge in [-0.05, 0) is 30.3 Å². The van der Waals surface area contributed by atoms with E-state index in [1.807, 2.05) is 31.3 Å². The van der Waals surface area contributed by atoms with Crippen molar-refractivity contribution in [3.05, 3.63) is 53.6 Å². The SMILES string of the molecule is Cn1c(-c2ccc(N)cc2Cl)cc2ccccc21. The number of nitrogen functional groups attached to an aromatic ring is 1. The van der Waals surface area contributed by atoms with E-state index in [-0.39, 0.29) is 0 Å². The molecule has 2 aromatic carbocycles. The lowest BCUT2D eigenvalue weighted by molar-refractivity contribution is 0.978. The Labute approximate surface area is 111 Å². The topological polar surface area (TPSA) is 30.9 Å². The molecule has 2 N–H and O–H groups in total. The van der Waals surface area contributed by atoms with Crippen LogP contribution in [0, 0.1) is 0 Å². The van der Waals surface area contributed by atoms with Crippen LogP contribution >= 0.6 is 11.6 Å². The van der Waals surface area contributed by atoms with Gasteiger partial charge in [0.2, 0.25) is 0 Å². The molecular formula is C15H13ClN2. The zero-order valence-corrected chi connectivity index (χ0v) is 10.8. The van der Waals surface area contributed by atoms with Gasteiger partial charge in [-0.25, -0.2) is 0 Å². The molecule has 18 heavy (non-hydrogen) atoms. The maximum atomic E-state index is 6.27. The fourth-order valence-corrected chi connectivity index (χ4v) is 2.57. The first-order valence-electron chi connectivity index (χ1n) is 5.76. The largest absolute Gasteiger partial charge is 0.399 e. The van der Waals surface area contributed by atoms with Crippen LogP contribution in [-0.4, -0.2) is 4.57 Å². The predicted molar refractivity (Wildman–Crippen MR) is 77.8 cm³/mol. The quantitative estimate of drug-likeness (QED) is 0.654. The third-order valence-corrected chi connectivity index (χ3v) is 3.53. The lowest BCUT2D eigenvalue weighted by Crippen LogP contribution is -1.92. The van der Waals surface area contributed by atoms with Crippen molar-refractivity contribution < 1.29 is 0 Å². The van der Waals surface area contributed by atoms with Crippen molar-refractivity contribution in [2.45, 2.75) is 0 Å². The molecule has 3 rings (SSSR count). The van der Waals surface area contributed by atoms with Crippen LogP contribution < -0.4 is 5.73 Å². The van der Waals surface area contributed by atoms with E-state index in [0.717, 1.165) is 11.3 Å². The summed E-state index contributed by atoms with van der Waals surface area (Å²) in [6.07, 6.45) is 0. The fourth-order valence-electron chi connectivity index (χ4n) is 2.29. The minimum Gasteiger partial charge on any atom is -0.399 e. The molecule has 3 heteroatoms. The molecule has 0 unspecified atom stereocenters. The molecule has 3 aromatic rings. The number of halogens is 1. The van der Waals surface area contributed by atoms with Crippen molar-refractivity contribution in [1.82, 2.24) is 4.57 Å². The van der Waals surface area contributed by atoms with Crippen LogP contribution in [0.1, 0.15) is 0 Å². The Bertz CT molecular complexity index is 728. The minimum absolute atomic E-state index is 0.681. The van der Waals surface area contributed by atoms with Gasteiger partial charge in [0, 0.05) is 29.2 Å². The van der Waals surface area contributed by atoms with E-state index < -0.39 is 0 Å². The highest BCUT2D eigenvalue weighted by atomic mass is 35.5. The number of rotatable bonds is 1. The van der Waals surface area contributed by atoms with Crippen LogP contribution in [0.25, 0.3) is 22.2 Å². The number of hydrogen-bond donors (Lipinski definition) is 1. The Hall–Kier alpha value is -1.93. The zero-order chi connectivity index (χ0) is 12.7. The highest BCUT2D eigenvalue weighted by Gasteiger charge is 2.10. The molecule has 0 aliphatic heterocycles. The van der Waals surface area contributed by atoms with E-state index in [1.165, 1.54) is 10.9 Å². The van der Waals surface area contributed by atoms with Gasteiger partial charge < -0.3 is 10.3 Å². The summed E-state index contributed by atoms with van der Waals surface area (Å²) >= 11 is 6.27. The molecule has 0 fully saturated rings. The van der Waals surface area contributed by atoms with Gasteiger partial charge in [-0.1, -0.05) is 29.8 Å². The van der Waals surface area contributed by atoms with E-state index in [9.17, 15) is 0 Å². The molecule has 90 valence electrons. The van der Waals surface area contributed by atoms with Gasteiger partial charge in [0.25, 0.3) is 0 Å². The first-order chi connectivity index (χ1) is 8.66. The summed E-state index contributed by atoms with van der Waals surface area (Å²) in [6, 6.07) is 16.0. The summed E-state index contributed by atoms with van der Waals surface area (Å²) in [6.45, 7) is 0. The normalized spacial score (nSPS) is 11.0. The third-order valence-electron chi connectivity index (χ3n) is 3.22. The maximum absolute atomic E-state index is 6.27. The number of aryl methyl sites for hydroxylation is 1. The molecule has 0 amide bonds. The van der Waals surface area contributed by atoms with Gasteiger partial charge >= 0.3 is 0 Å². The molecule has 2 nitrogen and oxygen atoms in total. The van der Waals surface area contributed by atoms with Crippen molar-refractivity contribution in [3.8, 4) is 11.3 Å². The van der Waals surface area contributed by atoms with Gasteiger partial charge in [-0.2, -0.15) is 0 Å². The summed E-state index contributed by atoms with van der Waals surface area (Å²) in [5.41, 5.74) is 9.71. The number of hydrogen-bond acceptors (Lipinski definition) is 1. The first-order valence-corrected chi connectivity index (χ1v) is 6.14. The molecule has 0 saturated heterocycles. The number of fused-ring (bicyclic) bond motifs is 1. The van der Waals surface area contributed by atoms with Crippen LogP contribution in [0.4, 0.5) is 5.69 Å². The smallest absolute Gasteiger partial charge is 0.0519 e. The average molecular weight is 257 g/mol. The summed E-state index contributed by atoms with van der Waals surface area (Å²) in [4.78, 5) is 0. The van der Waals surface area contributed by atoms with Gasteiger partial charge in [0.05, 0.1) is 10.7 Å². The molecule has 0 bridgehead atoms. The second-order valence-corrected chi connectivity index (χ2v) is 4.79. The Balaban J connectivity index is 2.28. The monoisotopic (exact) mass is 256 g/mol. The number of nitrogens with two attached hydrogens (primary N) is 1. The maximum Gasteiger partial charge on any atom is 0.0519 e. The highest BCUT2D eigenvalue weighted by molar-refractivity contribution is 6.33. The lowest BCUT2D eigenvalue weighted by Gasteiger charge is -2.07. The van der Waals surface area contributed by atoms with Crippen molar-refractivity contribution >= 4 is 28.2 Å². The molecule has 0 radical (unpaired) electrons. The van der Waals surface area contributed by atoms with Crippen LogP contribution in [0.3, 0.4) is 0 Å². The number of anilines is 1. The molecule has 0 atom stereocenters. The van der Waals surface area contributed by atoms with Gasteiger partial charge in [0.1, 0.15) is 0 Å². The number of benzene rings is 2. The van der Waals surface area contributed by atoms with Gasteiger partial charge in [-0.15, -0.1) is 0 Å². The highest BCUT2D eigenvalue weighted by Crippen LogP contribution is 2.33. The molecular weight excluding hydrogens is 244 g/mol. The van der Waals surface area contributed by atoms with Crippen molar-refractivity contribution in [2.24, 2.45) is 7.05 Å². The van der Waals surface area contributed by atoms with Crippen molar-refractivity contribution in [3.63, 3.8) is 0 Å². The predicted octanol–water partition coefficient (Wildman–Crippen LogP) is 4.08. The molecule has 0 aliphatic rings. The van der Waals surface area contributed by atoms with Crippen LogP contribution in [0.5, 0.6) is 0 Å². The van der Waals surface area contributed by atoms with E-state index >= 15 is 0 Å². The Morgan fingerprint density at radius 1 is 1.06 bits per heavy atom. The van der Waals surface area contributed by atoms with Crippen LogP contribution in [0.15, 0.2) is 48.5 Å². The van der Waals surface area contributed by atoms with Crippen LogP contribution in [0.2, 0.25) is 5.02 Å². The molecule has 0 aliphatic carbocycles. The first kappa shape index (κ1) is 11.2. The number of para-hydroxylation sites is 1. The molecule has 0 spiro atoms. The average Bonchev–Trinajstić information content (AvgIpc) is 2.68. The molecule has 0 saturated carbocycles. The second kappa shape index (κ2) is 4.07. The summed E-state index contributed by atoms with van der Waals surface area (Å²) in [7, 11) is 2.05. The zero-order valence-electron chi connectivity index (χ0n) is 10.0. The van der Waals surface area contributed by atoms with Gasteiger partial charge in [-0.3, -0.25) is 0 Å². The van der Waals surface area contributed by atoms with Crippen LogP contribution in [-0.2, 0) is 7.05 Å². The van der Waals surface area contributed by atoms with Crippen molar-refractivity contribution in [1.29, 1.82) is 0 Å². The van der Waals surface area contributed by atoms with Crippen molar-refractivity contribution in [2.75, 3.05) is 5.73 Å². The summed E-state index contributed by atoms with van der Waals surface area (Å²) < 4.78 is 2.15. The lowest BCUT2D eigenvalue weighted by atomic mass is 10.1. The van der Waals surface area contributed by atoms with Gasteiger partial charge in [0.15, 0.2) is 0 Å². The Kier molecular flexibility index (Phi) is 2.53. The second-order valence-electron chi connectivity index (χ2n) is 4.39. The molecule has 1 aromatic heterocycles. The Morgan fingerprint density at radius 2 is 1.83 bits per heavy atom. The van der Waals surface area contributed by atoms with E-state index in [0.29, 0.717) is 10.7 Å². The van der Waals surface area contributed by atoms with E-state index in [2.05, 4.69) is 22.8 Å². The summed E-state index contributed by atoms with van der Waals surface area (Å²) in [5, 5.41) is 1.89. The standard InChI is InChI=1S/C15H13ClN2/c1-18-14-5-3-2-4-10(14)8-15(18)12-7-6-11(17)9-13(12)16/h2-9H,17H2,1H3. The fraction of sp³-hybridized carbons (Fsp3) is 0.0667. The van der Waals surface area contributed by atoms with E-state index in [1.54, 1.807) is 6.07 Å². The number of nitrogens with zero attached hydrogens (tertiary/aromatic N) is 1. The Morgan fingerprint density at radius 3 is 2.56 bits per heavy atom. The number of aromatic nitrogens is 1. The third kappa shape index (κ3) is 1.66.